The van der Waals surface area contributed by atoms with Crippen LogP contribution in [0.4, 0.5) is 0 Å². The van der Waals surface area contributed by atoms with Gasteiger partial charge in [-0.3, -0.25) is 4.79 Å². The van der Waals surface area contributed by atoms with Gasteiger partial charge in [0.1, 0.15) is 10.5 Å². The van der Waals surface area contributed by atoms with Crippen LogP contribution >= 0.6 is 11.3 Å². The second-order valence-electron chi connectivity index (χ2n) is 7.16. The summed E-state index contributed by atoms with van der Waals surface area (Å²) in [5.41, 5.74) is 2.55. The van der Waals surface area contributed by atoms with Crippen LogP contribution in [0.3, 0.4) is 0 Å². The lowest BCUT2D eigenvalue weighted by molar-refractivity contribution is -0.122. The van der Waals surface area contributed by atoms with Crippen molar-refractivity contribution in [2.75, 3.05) is 0 Å². The number of aryl methyl sites for hydroxylation is 2. The van der Waals surface area contributed by atoms with Gasteiger partial charge in [-0.25, -0.2) is 4.98 Å². The number of nitrogens with zero attached hydrogens (tertiary/aromatic N) is 3. The standard InChI is InChI=1S/C20H22N4O2S/c1-13-6-5-7-15(10-13)18-22-16(12-27-18)11-17(25)23-20(8-3-4-9-20)19-21-14(2)26-24-19/h5-7,10,12H,3-4,8-9,11H2,1-2H3,(H,23,25). The van der Waals surface area contributed by atoms with Crippen molar-refractivity contribution in [3.05, 3.63) is 52.6 Å². The summed E-state index contributed by atoms with van der Waals surface area (Å²) in [6, 6.07) is 8.23. The van der Waals surface area contributed by atoms with Crippen molar-refractivity contribution >= 4 is 17.2 Å². The molecule has 0 aliphatic heterocycles. The minimum atomic E-state index is -0.510. The van der Waals surface area contributed by atoms with Crippen molar-refractivity contribution < 1.29 is 9.32 Å². The Morgan fingerprint density at radius 1 is 1.26 bits per heavy atom. The highest BCUT2D eigenvalue weighted by Crippen LogP contribution is 2.37. The summed E-state index contributed by atoms with van der Waals surface area (Å²) in [5, 5.41) is 10.1. The number of carbonyl (C=O) groups is 1. The van der Waals surface area contributed by atoms with Crippen LogP contribution in [0.5, 0.6) is 0 Å². The van der Waals surface area contributed by atoms with E-state index in [0.717, 1.165) is 41.9 Å². The molecule has 1 aliphatic rings. The number of rotatable bonds is 5. The zero-order chi connectivity index (χ0) is 18.9. The van der Waals surface area contributed by atoms with Crippen LogP contribution in [0.2, 0.25) is 0 Å². The lowest BCUT2D eigenvalue weighted by Gasteiger charge is -2.26. The SMILES string of the molecule is Cc1cccc(-c2nc(CC(=O)NC3(c4noc(C)n4)CCCC3)cs2)c1. The Labute approximate surface area is 162 Å². The summed E-state index contributed by atoms with van der Waals surface area (Å²) >= 11 is 1.56. The molecule has 1 saturated carbocycles. The highest BCUT2D eigenvalue weighted by atomic mass is 32.1. The highest BCUT2D eigenvalue weighted by Gasteiger charge is 2.41. The van der Waals surface area contributed by atoms with E-state index in [1.807, 2.05) is 17.5 Å². The Morgan fingerprint density at radius 3 is 2.78 bits per heavy atom. The van der Waals surface area contributed by atoms with E-state index in [9.17, 15) is 4.79 Å². The third-order valence-electron chi connectivity index (χ3n) is 4.95. The van der Waals surface area contributed by atoms with Gasteiger partial charge < -0.3 is 9.84 Å². The molecule has 3 aromatic rings. The average molecular weight is 382 g/mol. The first-order valence-corrected chi connectivity index (χ1v) is 10.1. The number of thiazole rings is 1. The fourth-order valence-corrected chi connectivity index (χ4v) is 4.47. The molecule has 2 heterocycles. The Bertz CT molecular complexity index is 956. The summed E-state index contributed by atoms with van der Waals surface area (Å²) in [6.45, 7) is 3.83. The molecule has 1 amide bonds. The predicted molar refractivity (Wildman–Crippen MR) is 103 cm³/mol. The van der Waals surface area contributed by atoms with Crippen molar-refractivity contribution in [1.82, 2.24) is 20.4 Å². The van der Waals surface area contributed by atoms with E-state index in [1.165, 1.54) is 5.56 Å². The lowest BCUT2D eigenvalue weighted by atomic mass is 9.96. The molecule has 1 N–H and O–H groups in total. The number of hydrogen-bond donors (Lipinski definition) is 1. The van der Waals surface area contributed by atoms with Crippen molar-refractivity contribution in [2.24, 2.45) is 0 Å². The Balaban J connectivity index is 1.48. The second kappa shape index (κ2) is 7.23. The number of aromatic nitrogens is 3. The van der Waals surface area contributed by atoms with Gasteiger partial charge in [0.05, 0.1) is 12.1 Å². The maximum Gasteiger partial charge on any atom is 0.226 e. The third kappa shape index (κ3) is 3.78. The van der Waals surface area contributed by atoms with Crippen molar-refractivity contribution in [3.8, 4) is 10.6 Å². The van der Waals surface area contributed by atoms with E-state index in [-0.39, 0.29) is 12.3 Å². The number of carbonyl (C=O) groups excluding carboxylic acids is 1. The summed E-state index contributed by atoms with van der Waals surface area (Å²) < 4.78 is 5.14. The first kappa shape index (κ1) is 17.9. The Hall–Kier alpha value is -2.54. The molecule has 4 rings (SSSR count). The van der Waals surface area contributed by atoms with E-state index in [0.29, 0.717) is 11.7 Å². The predicted octanol–water partition coefficient (Wildman–Crippen LogP) is 3.94. The maximum atomic E-state index is 12.7. The number of amides is 1. The van der Waals surface area contributed by atoms with Gasteiger partial charge in [-0.1, -0.05) is 41.8 Å². The molecular weight excluding hydrogens is 360 g/mol. The average Bonchev–Trinajstić information content (AvgIpc) is 3.36. The molecule has 1 aliphatic carbocycles. The molecule has 7 heteroatoms. The van der Waals surface area contributed by atoms with Crippen LogP contribution < -0.4 is 5.32 Å². The summed E-state index contributed by atoms with van der Waals surface area (Å²) in [7, 11) is 0. The van der Waals surface area contributed by atoms with E-state index >= 15 is 0 Å². The van der Waals surface area contributed by atoms with E-state index in [2.05, 4.69) is 39.5 Å². The van der Waals surface area contributed by atoms with Crippen molar-refractivity contribution in [2.45, 2.75) is 51.5 Å². The molecule has 0 bridgehead atoms. The molecule has 0 atom stereocenters. The number of benzene rings is 1. The quantitative estimate of drug-likeness (QED) is 0.723. The molecule has 0 radical (unpaired) electrons. The second-order valence-corrected chi connectivity index (χ2v) is 8.02. The van der Waals surface area contributed by atoms with Gasteiger partial charge >= 0.3 is 0 Å². The van der Waals surface area contributed by atoms with Crippen LogP contribution in [-0.4, -0.2) is 21.0 Å². The molecule has 0 unspecified atom stereocenters. The lowest BCUT2D eigenvalue weighted by Crippen LogP contribution is -2.45. The van der Waals surface area contributed by atoms with E-state index in [4.69, 9.17) is 4.52 Å². The zero-order valence-electron chi connectivity index (χ0n) is 15.5. The Morgan fingerprint density at radius 2 is 2.07 bits per heavy atom. The van der Waals surface area contributed by atoms with E-state index < -0.39 is 5.54 Å². The highest BCUT2D eigenvalue weighted by molar-refractivity contribution is 7.13. The summed E-state index contributed by atoms with van der Waals surface area (Å²) in [4.78, 5) is 21.7. The first-order chi connectivity index (χ1) is 13.0. The topological polar surface area (TPSA) is 80.9 Å². The molecule has 6 nitrogen and oxygen atoms in total. The molecule has 140 valence electrons. The number of hydrogen-bond acceptors (Lipinski definition) is 6. The van der Waals surface area contributed by atoms with Gasteiger partial charge in [0.2, 0.25) is 11.8 Å². The fourth-order valence-electron chi connectivity index (χ4n) is 3.65. The van der Waals surface area contributed by atoms with Crippen LogP contribution in [0.25, 0.3) is 10.6 Å². The van der Waals surface area contributed by atoms with Crippen LogP contribution in [0.15, 0.2) is 34.2 Å². The first-order valence-electron chi connectivity index (χ1n) is 9.17. The zero-order valence-corrected chi connectivity index (χ0v) is 16.3. The molecule has 1 aromatic carbocycles. The number of nitrogens with one attached hydrogen (secondary N) is 1. The van der Waals surface area contributed by atoms with Crippen LogP contribution in [0, 0.1) is 13.8 Å². The van der Waals surface area contributed by atoms with Gasteiger partial charge in [-0.05, 0) is 25.8 Å². The normalized spacial score (nSPS) is 15.8. The van der Waals surface area contributed by atoms with Gasteiger partial charge in [-0.2, -0.15) is 4.98 Å². The smallest absolute Gasteiger partial charge is 0.226 e. The fraction of sp³-hybridized carbons (Fsp3) is 0.400. The summed E-state index contributed by atoms with van der Waals surface area (Å²) in [5.74, 6) is 1.05. The van der Waals surface area contributed by atoms with Crippen LogP contribution in [0.1, 0.15) is 48.7 Å². The molecule has 2 aromatic heterocycles. The molecular formula is C20H22N4O2S. The largest absolute Gasteiger partial charge is 0.343 e. The maximum absolute atomic E-state index is 12.7. The minimum Gasteiger partial charge on any atom is -0.343 e. The van der Waals surface area contributed by atoms with Gasteiger partial charge in [0.25, 0.3) is 0 Å². The molecule has 0 saturated heterocycles. The van der Waals surface area contributed by atoms with Gasteiger partial charge in [0, 0.05) is 17.9 Å². The van der Waals surface area contributed by atoms with Crippen molar-refractivity contribution in [3.63, 3.8) is 0 Å². The third-order valence-corrected chi connectivity index (χ3v) is 5.89. The van der Waals surface area contributed by atoms with E-state index in [1.54, 1.807) is 18.3 Å². The monoisotopic (exact) mass is 382 g/mol. The minimum absolute atomic E-state index is 0.0551. The molecule has 0 spiro atoms. The Kier molecular flexibility index (Phi) is 4.78. The summed E-state index contributed by atoms with van der Waals surface area (Å²) in [6.07, 6.45) is 4.01. The molecule has 27 heavy (non-hydrogen) atoms. The van der Waals surface area contributed by atoms with Crippen LogP contribution in [-0.2, 0) is 16.8 Å². The van der Waals surface area contributed by atoms with Gasteiger partial charge in [0.15, 0.2) is 5.82 Å². The molecule has 1 fully saturated rings. The van der Waals surface area contributed by atoms with Gasteiger partial charge in [-0.15, -0.1) is 11.3 Å². The van der Waals surface area contributed by atoms with Crippen molar-refractivity contribution in [1.29, 1.82) is 0 Å².